The monoisotopic (exact) mass is 171 g/mol. The van der Waals surface area contributed by atoms with Crippen molar-refractivity contribution in [2.24, 2.45) is 0 Å². The first-order valence-electron chi connectivity index (χ1n) is 3.71. The van der Waals surface area contributed by atoms with E-state index in [4.69, 9.17) is 0 Å². The van der Waals surface area contributed by atoms with Gasteiger partial charge in [0.2, 0.25) is 0 Å². The van der Waals surface area contributed by atoms with Crippen molar-refractivity contribution < 1.29 is 0 Å². The Hall–Kier alpha value is -0.370. The van der Waals surface area contributed by atoms with Crippen LogP contribution in [-0.4, -0.2) is 24.2 Å². The minimum Gasteiger partial charge on any atom is -0.378 e. The van der Waals surface area contributed by atoms with Gasteiger partial charge in [-0.2, -0.15) is 0 Å². The maximum Gasteiger partial charge on any atom is 0.0224 e. The summed E-state index contributed by atoms with van der Waals surface area (Å²) in [5.41, 5.74) is 0. The molecule has 0 unspecified atom stereocenters. The molecular formula is C9H17NS. The van der Waals surface area contributed by atoms with Crippen molar-refractivity contribution in [3.63, 3.8) is 0 Å². The Kier molecular flexibility index (Phi) is 5.12. The van der Waals surface area contributed by atoms with Gasteiger partial charge in [-0.05, 0) is 26.2 Å². The molecule has 0 atom stereocenters. The molecule has 11 heavy (non-hydrogen) atoms. The summed E-state index contributed by atoms with van der Waals surface area (Å²) < 4.78 is 0. The summed E-state index contributed by atoms with van der Waals surface area (Å²) in [4.78, 5) is 3.25. The van der Waals surface area contributed by atoms with E-state index in [0.717, 1.165) is 4.91 Å². The number of thioether (sulfide) groups is 1. The van der Waals surface area contributed by atoms with Gasteiger partial charge < -0.3 is 4.90 Å². The molecule has 0 N–H and O–H groups in total. The van der Waals surface area contributed by atoms with Gasteiger partial charge in [-0.25, -0.2) is 0 Å². The Labute approximate surface area is 74.2 Å². The molecule has 2 heteroatoms. The van der Waals surface area contributed by atoms with Crippen LogP contribution in [0.25, 0.3) is 0 Å². The second-order valence-corrected chi connectivity index (χ2v) is 3.68. The van der Waals surface area contributed by atoms with Crippen molar-refractivity contribution in [2.45, 2.75) is 19.9 Å². The standard InChI is InChI=1S/C9H17NS/c1-8(2)10(4)7-6-9(3)11-5/h6-8H,3H2,1-2,4-5H3/b7-6-. The lowest BCUT2D eigenvalue weighted by Gasteiger charge is -2.18. The minimum atomic E-state index is 0.556. The summed E-state index contributed by atoms with van der Waals surface area (Å²) in [6.07, 6.45) is 6.12. The number of rotatable bonds is 4. The van der Waals surface area contributed by atoms with Gasteiger partial charge in [0.15, 0.2) is 0 Å². The van der Waals surface area contributed by atoms with Gasteiger partial charge in [-0.15, -0.1) is 11.8 Å². The number of hydrogen-bond acceptors (Lipinski definition) is 2. The van der Waals surface area contributed by atoms with Gasteiger partial charge in [0, 0.05) is 24.2 Å². The molecule has 0 amide bonds. The van der Waals surface area contributed by atoms with E-state index in [1.165, 1.54) is 0 Å². The summed E-state index contributed by atoms with van der Waals surface area (Å²) in [7, 11) is 2.06. The fourth-order valence-electron chi connectivity index (χ4n) is 0.441. The van der Waals surface area contributed by atoms with E-state index in [1.54, 1.807) is 11.8 Å². The topological polar surface area (TPSA) is 3.24 Å². The van der Waals surface area contributed by atoms with Crippen molar-refractivity contribution in [3.05, 3.63) is 23.8 Å². The van der Waals surface area contributed by atoms with Gasteiger partial charge in [-0.3, -0.25) is 0 Å². The average molecular weight is 171 g/mol. The Balaban J connectivity index is 3.82. The normalized spacial score (nSPS) is 11.0. The molecule has 0 aliphatic heterocycles. The molecule has 0 saturated heterocycles. The lowest BCUT2D eigenvalue weighted by Crippen LogP contribution is -2.19. The number of allylic oxidation sites excluding steroid dienone is 1. The minimum absolute atomic E-state index is 0.556. The van der Waals surface area contributed by atoms with Crippen LogP contribution in [0.5, 0.6) is 0 Å². The molecule has 0 radical (unpaired) electrons. The summed E-state index contributed by atoms with van der Waals surface area (Å²) >= 11 is 1.67. The fraction of sp³-hybridized carbons (Fsp3) is 0.556. The summed E-state index contributed by atoms with van der Waals surface area (Å²) in [5.74, 6) is 0. The van der Waals surface area contributed by atoms with E-state index >= 15 is 0 Å². The highest BCUT2D eigenvalue weighted by Crippen LogP contribution is 2.09. The summed E-state index contributed by atoms with van der Waals surface area (Å²) in [6.45, 7) is 8.17. The number of hydrogen-bond donors (Lipinski definition) is 0. The fourth-order valence-corrected chi connectivity index (χ4v) is 0.638. The average Bonchev–Trinajstić information content (AvgIpc) is 1.99. The van der Waals surface area contributed by atoms with Gasteiger partial charge in [-0.1, -0.05) is 6.58 Å². The zero-order valence-electron chi connectivity index (χ0n) is 7.79. The highest BCUT2D eigenvalue weighted by molar-refractivity contribution is 8.02. The first-order valence-corrected chi connectivity index (χ1v) is 4.93. The van der Waals surface area contributed by atoms with E-state index < -0.39 is 0 Å². The van der Waals surface area contributed by atoms with Gasteiger partial charge in [0.1, 0.15) is 0 Å². The van der Waals surface area contributed by atoms with Crippen LogP contribution in [0.1, 0.15) is 13.8 Å². The van der Waals surface area contributed by atoms with E-state index in [1.807, 2.05) is 12.3 Å². The molecule has 0 rings (SSSR count). The van der Waals surface area contributed by atoms with Crippen LogP contribution in [0.15, 0.2) is 23.8 Å². The maximum atomic E-state index is 3.85. The third kappa shape index (κ3) is 4.96. The molecular weight excluding hydrogens is 154 g/mol. The number of nitrogens with zero attached hydrogens (tertiary/aromatic N) is 1. The highest BCUT2D eigenvalue weighted by atomic mass is 32.2. The van der Waals surface area contributed by atoms with E-state index in [-0.39, 0.29) is 0 Å². The Bertz CT molecular complexity index is 150. The first-order chi connectivity index (χ1) is 5.07. The van der Waals surface area contributed by atoms with Crippen LogP contribution in [0.3, 0.4) is 0 Å². The van der Waals surface area contributed by atoms with E-state index in [2.05, 4.69) is 38.6 Å². The van der Waals surface area contributed by atoms with Crippen LogP contribution >= 0.6 is 11.8 Å². The molecule has 1 nitrogen and oxygen atoms in total. The molecule has 0 aliphatic carbocycles. The first kappa shape index (κ1) is 10.6. The van der Waals surface area contributed by atoms with Crippen molar-refractivity contribution >= 4 is 11.8 Å². The Morgan fingerprint density at radius 3 is 2.45 bits per heavy atom. The molecule has 0 aromatic rings. The van der Waals surface area contributed by atoms with Crippen LogP contribution in [-0.2, 0) is 0 Å². The lowest BCUT2D eigenvalue weighted by molar-refractivity contribution is 0.376. The Morgan fingerprint density at radius 2 is 2.09 bits per heavy atom. The highest BCUT2D eigenvalue weighted by Gasteiger charge is 1.94. The summed E-state index contributed by atoms with van der Waals surface area (Å²) in [5, 5.41) is 0. The smallest absolute Gasteiger partial charge is 0.0224 e. The molecule has 0 saturated carbocycles. The lowest BCUT2D eigenvalue weighted by atomic mass is 10.3. The SMILES string of the molecule is C=C(/C=C\N(C)C(C)C)SC. The molecule has 0 bridgehead atoms. The van der Waals surface area contributed by atoms with Crippen molar-refractivity contribution in [1.29, 1.82) is 0 Å². The summed E-state index contributed by atoms with van der Waals surface area (Å²) in [6, 6.07) is 0.556. The predicted molar refractivity (Wildman–Crippen MR) is 54.7 cm³/mol. The zero-order chi connectivity index (χ0) is 8.85. The zero-order valence-corrected chi connectivity index (χ0v) is 8.61. The largest absolute Gasteiger partial charge is 0.378 e. The molecule has 0 aromatic heterocycles. The third-order valence-electron chi connectivity index (χ3n) is 1.57. The Morgan fingerprint density at radius 1 is 1.55 bits per heavy atom. The van der Waals surface area contributed by atoms with Crippen LogP contribution in [0.2, 0.25) is 0 Å². The van der Waals surface area contributed by atoms with Crippen molar-refractivity contribution in [1.82, 2.24) is 4.90 Å². The van der Waals surface area contributed by atoms with Crippen LogP contribution < -0.4 is 0 Å². The molecule has 0 aliphatic rings. The van der Waals surface area contributed by atoms with Gasteiger partial charge in [0.25, 0.3) is 0 Å². The van der Waals surface area contributed by atoms with Crippen LogP contribution in [0, 0.1) is 0 Å². The molecule has 0 heterocycles. The third-order valence-corrected chi connectivity index (χ3v) is 2.23. The second-order valence-electron chi connectivity index (χ2n) is 2.75. The second kappa shape index (κ2) is 5.30. The molecule has 64 valence electrons. The van der Waals surface area contributed by atoms with Gasteiger partial charge in [0.05, 0.1) is 0 Å². The predicted octanol–water partition coefficient (Wildman–Crippen LogP) is 2.72. The molecule has 0 aromatic carbocycles. The molecule has 0 fully saturated rings. The van der Waals surface area contributed by atoms with Crippen LogP contribution in [0.4, 0.5) is 0 Å². The van der Waals surface area contributed by atoms with Crippen molar-refractivity contribution in [2.75, 3.05) is 13.3 Å². The molecule has 0 spiro atoms. The van der Waals surface area contributed by atoms with Gasteiger partial charge >= 0.3 is 0 Å². The van der Waals surface area contributed by atoms with E-state index in [9.17, 15) is 0 Å². The maximum absolute atomic E-state index is 3.85. The quantitative estimate of drug-likeness (QED) is 0.598. The van der Waals surface area contributed by atoms with Crippen molar-refractivity contribution in [3.8, 4) is 0 Å². The van der Waals surface area contributed by atoms with E-state index in [0.29, 0.717) is 6.04 Å².